The van der Waals surface area contributed by atoms with Crippen LogP contribution in [-0.4, -0.2) is 5.91 Å². The maximum atomic E-state index is 10.7. The summed E-state index contributed by atoms with van der Waals surface area (Å²) in [5.41, 5.74) is 8.41. The molecule has 0 saturated carbocycles. The minimum Gasteiger partial charge on any atom is -0.369 e. The van der Waals surface area contributed by atoms with E-state index < -0.39 is 0 Å². The zero-order valence-corrected chi connectivity index (χ0v) is 10.1. The Morgan fingerprint density at radius 1 is 0.882 bits per heavy atom. The van der Waals surface area contributed by atoms with Crippen LogP contribution in [0, 0.1) is 0 Å². The number of amides is 1. The second kappa shape index (κ2) is 6.06. The van der Waals surface area contributed by atoms with Crippen molar-refractivity contribution in [3.8, 4) is 11.1 Å². The Kier molecular flexibility index (Phi) is 4.73. The molecular formula is C14H14ClNO. The van der Waals surface area contributed by atoms with Gasteiger partial charge in [0.2, 0.25) is 5.91 Å². The lowest BCUT2D eigenvalue weighted by Gasteiger charge is -2.02. The number of rotatable bonds is 3. The highest BCUT2D eigenvalue weighted by Crippen LogP contribution is 2.19. The Morgan fingerprint density at radius 3 is 1.94 bits per heavy atom. The van der Waals surface area contributed by atoms with Gasteiger partial charge in [0.1, 0.15) is 0 Å². The SMILES string of the molecule is Cl.NC(=O)Cc1ccc(-c2ccccc2)cc1. The Morgan fingerprint density at radius 2 is 1.41 bits per heavy atom. The van der Waals surface area contributed by atoms with Crippen molar-refractivity contribution in [1.29, 1.82) is 0 Å². The second-order valence-corrected chi connectivity index (χ2v) is 3.71. The first-order valence-electron chi connectivity index (χ1n) is 5.18. The summed E-state index contributed by atoms with van der Waals surface area (Å²) in [6.07, 6.45) is 0.301. The number of primary amides is 1. The summed E-state index contributed by atoms with van der Waals surface area (Å²) in [5, 5.41) is 0. The first-order valence-corrected chi connectivity index (χ1v) is 5.18. The molecule has 0 radical (unpaired) electrons. The molecule has 2 nitrogen and oxygen atoms in total. The molecule has 0 spiro atoms. The zero-order valence-electron chi connectivity index (χ0n) is 9.30. The van der Waals surface area contributed by atoms with Crippen LogP contribution in [0.3, 0.4) is 0 Å². The molecule has 88 valence electrons. The first-order chi connectivity index (χ1) is 7.75. The van der Waals surface area contributed by atoms with E-state index in [0.717, 1.165) is 11.1 Å². The largest absolute Gasteiger partial charge is 0.369 e. The van der Waals surface area contributed by atoms with Gasteiger partial charge in [-0.05, 0) is 16.7 Å². The summed E-state index contributed by atoms with van der Waals surface area (Å²) >= 11 is 0. The van der Waals surface area contributed by atoms with Crippen molar-refractivity contribution in [1.82, 2.24) is 0 Å². The van der Waals surface area contributed by atoms with Crippen molar-refractivity contribution >= 4 is 18.3 Å². The van der Waals surface area contributed by atoms with Crippen molar-refractivity contribution in [2.45, 2.75) is 6.42 Å². The lowest BCUT2D eigenvalue weighted by molar-refractivity contribution is -0.117. The van der Waals surface area contributed by atoms with E-state index in [9.17, 15) is 4.79 Å². The Labute approximate surface area is 107 Å². The zero-order chi connectivity index (χ0) is 11.4. The minimum atomic E-state index is -0.299. The number of benzene rings is 2. The van der Waals surface area contributed by atoms with Crippen molar-refractivity contribution < 1.29 is 4.79 Å². The molecule has 2 rings (SSSR count). The predicted octanol–water partition coefficient (Wildman–Crippen LogP) is 2.80. The fourth-order valence-electron chi connectivity index (χ4n) is 1.65. The maximum Gasteiger partial charge on any atom is 0.221 e. The minimum absolute atomic E-state index is 0. The lowest BCUT2D eigenvalue weighted by atomic mass is 10.0. The van der Waals surface area contributed by atoms with Crippen LogP contribution in [-0.2, 0) is 11.2 Å². The van der Waals surface area contributed by atoms with Gasteiger partial charge in [0.15, 0.2) is 0 Å². The number of halogens is 1. The van der Waals surface area contributed by atoms with Crippen LogP contribution in [0.25, 0.3) is 11.1 Å². The number of carbonyl (C=O) groups is 1. The van der Waals surface area contributed by atoms with Crippen LogP contribution in [0.2, 0.25) is 0 Å². The number of nitrogens with two attached hydrogens (primary N) is 1. The molecule has 0 saturated heterocycles. The third-order valence-corrected chi connectivity index (χ3v) is 2.44. The molecule has 0 fully saturated rings. The smallest absolute Gasteiger partial charge is 0.221 e. The molecule has 0 atom stereocenters. The maximum absolute atomic E-state index is 10.7. The summed E-state index contributed by atoms with van der Waals surface area (Å²) in [4.78, 5) is 10.7. The molecule has 0 heterocycles. The van der Waals surface area contributed by atoms with Crippen LogP contribution in [0.5, 0.6) is 0 Å². The predicted molar refractivity (Wildman–Crippen MR) is 72.0 cm³/mol. The van der Waals surface area contributed by atoms with E-state index >= 15 is 0 Å². The van der Waals surface area contributed by atoms with Gasteiger partial charge >= 0.3 is 0 Å². The van der Waals surface area contributed by atoms with E-state index in [0.29, 0.717) is 6.42 Å². The van der Waals surface area contributed by atoms with Crippen LogP contribution < -0.4 is 5.73 Å². The number of hydrogen-bond donors (Lipinski definition) is 1. The van der Waals surface area contributed by atoms with Crippen LogP contribution >= 0.6 is 12.4 Å². The standard InChI is InChI=1S/C14H13NO.ClH/c15-14(16)10-11-6-8-13(9-7-11)12-4-2-1-3-5-12;/h1-9H,10H2,(H2,15,16);1H. The van der Waals surface area contributed by atoms with Gasteiger partial charge in [-0.1, -0.05) is 54.6 Å². The Bertz CT molecular complexity index is 479. The van der Waals surface area contributed by atoms with Gasteiger partial charge in [0, 0.05) is 0 Å². The third-order valence-electron chi connectivity index (χ3n) is 2.44. The van der Waals surface area contributed by atoms with E-state index in [4.69, 9.17) is 5.73 Å². The number of hydrogen-bond acceptors (Lipinski definition) is 1. The molecule has 3 heteroatoms. The second-order valence-electron chi connectivity index (χ2n) is 3.71. The van der Waals surface area contributed by atoms with Crippen molar-refractivity contribution in [2.24, 2.45) is 5.73 Å². The summed E-state index contributed by atoms with van der Waals surface area (Å²) in [5.74, 6) is -0.299. The Hall–Kier alpha value is -1.80. The summed E-state index contributed by atoms with van der Waals surface area (Å²) < 4.78 is 0. The van der Waals surface area contributed by atoms with Crippen LogP contribution in [0.15, 0.2) is 54.6 Å². The van der Waals surface area contributed by atoms with Gasteiger partial charge in [0.25, 0.3) is 0 Å². The average Bonchev–Trinajstić information content (AvgIpc) is 2.30. The quantitative estimate of drug-likeness (QED) is 0.891. The van der Waals surface area contributed by atoms with Gasteiger partial charge in [-0.25, -0.2) is 0 Å². The highest BCUT2D eigenvalue weighted by molar-refractivity contribution is 5.85. The molecule has 1 amide bonds. The monoisotopic (exact) mass is 247 g/mol. The topological polar surface area (TPSA) is 43.1 Å². The van der Waals surface area contributed by atoms with Crippen LogP contribution in [0.4, 0.5) is 0 Å². The molecule has 0 aliphatic rings. The first kappa shape index (κ1) is 13.3. The molecule has 2 aromatic rings. The van der Waals surface area contributed by atoms with E-state index in [1.165, 1.54) is 5.56 Å². The van der Waals surface area contributed by atoms with Gasteiger partial charge < -0.3 is 5.73 Å². The van der Waals surface area contributed by atoms with Crippen molar-refractivity contribution in [3.05, 3.63) is 60.2 Å². The third kappa shape index (κ3) is 3.61. The number of carbonyl (C=O) groups excluding carboxylic acids is 1. The summed E-state index contributed by atoms with van der Waals surface area (Å²) in [6.45, 7) is 0. The molecule has 0 aromatic heterocycles. The molecule has 0 aliphatic heterocycles. The van der Waals surface area contributed by atoms with Gasteiger partial charge in [-0.2, -0.15) is 0 Å². The Balaban J connectivity index is 0.00000144. The normalized spacial score (nSPS) is 9.41. The van der Waals surface area contributed by atoms with E-state index in [-0.39, 0.29) is 18.3 Å². The van der Waals surface area contributed by atoms with Crippen molar-refractivity contribution in [2.75, 3.05) is 0 Å². The molecule has 0 unspecified atom stereocenters. The fraction of sp³-hybridized carbons (Fsp3) is 0.0714. The van der Waals surface area contributed by atoms with E-state index in [1.54, 1.807) is 0 Å². The molecule has 0 bridgehead atoms. The molecule has 2 N–H and O–H groups in total. The molecule has 17 heavy (non-hydrogen) atoms. The van der Waals surface area contributed by atoms with E-state index in [2.05, 4.69) is 12.1 Å². The molecule has 0 aliphatic carbocycles. The van der Waals surface area contributed by atoms with Crippen molar-refractivity contribution in [3.63, 3.8) is 0 Å². The lowest BCUT2D eigenvalue weighted by Crippen LogP contribution is -2.13. The fourth-order valence-corrected chi connectivity index (χ4v) is 1.65. The average molecular weight is 248 g/mol. The van der Waals surface area contributed by atoms with Gasteiger partial charge in [-0.3, -0.25) is 4.79 Å². The highest BCUT2D eigenvalue weighted by atomic mass is 35.5. The molecular weight excluding hydrogens is 234 g/mol. The van der Waals surface area contributed by atoms with Crippen LogP contribution in [0.1, 0.15) is 5.56 Å². The summed E-state index contributed by atoms with van der Waals surface area (Å²) in [6, 6.07) is 18.0. The highest BCUT2D eigenvalue weighted by Gasteiger charge is 1.99. The summed E-state index contributed by atoms with van der Waals surface area (Å²) in [7, 11) is 0. The van der Waals surface area contributed by atoms with E-state index in [1.807, 2.05) is 42.5 Å². The molecule has 2 aromatic carbocycles. The van der Waals surface area contributed by atoms with Gasteiger partial charge in [0.05, 0.1) is 6.42 Å². The van der Waals surface area contributed by atoms with Gasteiger partial charge in [-0.15, -0.1) is 12.4 Å².